The maximum Gasteiger partial charge on any atom is 0.292 e. The Bertz CT molecular complexity index is 659. The molecule has 0 saturated carbocycles. The van der Waals surface area contributed by atoms with Crippen LogP contribution in [0.1, 0.15) is 11.1 Å². The van der Waals surface area contributed by atoms with Gasteiger partial charge in [-0.15, -0.1) is 0 Å². The summed E-state index contributed by atoms with van der Waals surface area (Å²) in [5.41, 5.74) is 6.85. The van der Waals surface area contributed by atoms with E-state index in [9.17, 15) is 14.5 Å². The summed E-state index contributed by atoms with van der Waals surface area (Å²) in [5, 5.41) is 10.8. The predicted molar refractivity (Wildman–Crippen MR) is 73.0 cm³/mol. The molecular weight excluding hydrogens is 263 g/mol. The number of benzene rings is 2. The molecule has 2 rings (SSSR count). The first-order valence-corrected chi connectivity index (χ1v) is 5.89. The highest BCUT2D eigenvalue weighted by atomic mass is 19.1. The lowest BCUT2D eigenvalue weighted by atomic mass is 10.1. The molecule has 0 atom stereocenters. The second-order valence-electron chi connectivity index (χ2n) is 4.33. The highest BCUT2D eigenvalue weighted by molar-refractivity contribution is 5.62. The van der Waals surface area contributed by atoms with Crippen LogP contribution in [0.2, 0.25) is 0 Å². The molecule has 0 spiro atoms. The van der Waals surface area contributed by atoms with Crippen LogP contribution in [-0.4, -0.2) is 4.92 Å². The summed E-state index contributed by atoms with van der Waals surface area (Å²) in [4.78, 5) is 10.2. The first-order chi connectivity index (χ1) is 9.49. The van der Waals surface area contributed by atoms with Crippen molar-refractivity contribution < 1.29 is 14.1 Å². The molecule has 0 aliphatic carbocycles. The molecule has 5 nitrogen and oxygen atoms in total. The quantitative estimate of drug-likeness (QED) is 0.528. The molecule has 20 heavy (non-hydrogen) atoms. The van der Waals surface area contributed by atoms with Crippen LogP contribution < -0.4 is 10.5 Å². The van der Waals surface area contributed by atoms with Gasteiger partial charge in [0.05, 0.1) is 4.92 Å². The van der Waals surface area contributed by atoms with Gasteiger partial charge < -0.3 is 10.5 Å². The van der Waals surface area contributed by atoms with E-state index < -0.39 is 10.7 Å². The third-order valence-corrected chi connectivity index (χ3v) is 2.84. The zero-order chi connectivity index (χ0) is 14.7. The Balaban J connectivity index is 2.21. The fourth-order valence-corrected chi connectivity index (χ4v) is 1.76. The largest absolute Gasteiger partial charge is 0.486 e. The minimum atomic E-state index is -0.563. The highest BCUT2D eigenvalue weighted by Crippen LogP contribution is 2.26. The topological polar surface area (TPSA) is 78.4 Å². The number of aryl methyl sites for hydroxylation is 1. The van der Waals surface area contributed by atoms with Crippen LogP contribution in [0.15, 0.2) is 36.4 Å². The molecule has 0 heterocycles. The average Bonchev–Trinajstić information content (AvgIpc) is 2.41. The molecule has 0 aliphatic rings. The monoisotopic (exact) mass is 276 g/mol. The molecule has 0 aliphatic heterocycles. The molecule has 2 N–H and O–H groups in total. The van der Waals surface area contributed by atoms with Crippen LogP contribution >= 0.6 is 0 Å². The second-order valence-corrected chi connectivity index (χ2v) is 4.33. The number of ether oxygens (including phenoxy) is 1. The number of nitro benzene ring substituents is 1. The fraction of sp³-hybridized carbons (Fsp3) is 0.143. The van der Waals surface area contributed by atoms with E-state index in [4.69, 9.17) is 10.5 Å². The van der Waals surface area contributed by atoms with Gasteiger partial charge in [0, 0.05) is 11.6 Å². The fourth-order valence-electron chi connectivity index (χ4n) is 1.76. The van der Waals surface area contributed by atoms with Gasteiger partial charge in [0.15, 0.2) is 11.6 Å². The molecule has 0 radical (unpaired) electrons. The maximum absolute atomic E-state index is 13.5. The highest BCUT2D eigenvalue weighted by Gasteiger charge is 2.15. The molecule has 0 amide bonds. The number of hydrogen-bond donors (Lipinski definition) is 1. The molecule has 2 aromatic carbocycles. The zero-order valence-electron chi connectivity index (χ0n) is 10.8. The Kier molecular flexibility index (Phi) is 3.84. The summed E-state index contributed by atoms with van der Waals surface area (Å²) in [6.45, 7) is 1.78. The Morgan fingerprint density at radius 2 is 2.10 bits per heavy atom. The van der Waals surface area contributed by atoms with E-state index in [2.05, 4.69) is 0 Å². The van der Waals surface area contributed by atoms with Crippen molar-refractivity contribution in [2.75, 3.05) is 5.73 Å². The molecule has 0 saturated heterocycles. The lowest BCUT2D eigenvalue weighted by Crippen LogP contribution is -2.04. The molecule has 0 bridgehead atoms. The van der Waals surface area contributed by atoms with E-state index in [1.807, 2.05) is 6.92 Å². The third kappa shape index (κ3) is 2.85. The van der Waals surface area contributed by atoms with Crippen molar-refractivity contribution in [3.63, 3.8) is 0 Å². The number of hydrogen-bond acceptors (Lipinski definition) is 4. The van der Waals surface area contributed by atoms with Gasteiger partial charge >= 0.3 is 0 Å². The smallest absolute Gasteiger partial charge is 0.292 e. The Morgan fingerprint density at radius 1 is 1.35 bits per heavy atom. The molecule has 0 fully saturated rings. The summed E-state index contributed by atoms with van der Waals surface area (Å²) in [6.07, 6.45) is 0. The van der Waals surface area contributed by atoms with E-state index >= 15 is 0 Å². The van der Waals surface area contributed by atoms with Crippen molar-refractivity contribution >= 4 is 11.4 Å². The van der Waals surface area contributed by atoms with Gasteiger partial charge in [-0.2, -0.15) is 0 Å². The first kappa shape index (κ1) is 13.8. The van der Waals surface area contributed by atoms with Gasteiger partial charge in [0.1, 0.15) is 12.3 Å². The molecule has 0 aromatic heterocycles. The van der Waals surface area contributed by atoms with Gasteiger partial charge in [-0.3, -0.25) is 10.1 Å². The van der Waals surface area contributed by atoms with Gasteiger partial charge in [0.2, 0.25) is 0 Å². The van der Waals surface area contributed by atoms with Crippen molar-refractivity contribution in [2.24, 2.45) is 0 Å². The summed E-state index contributed by atoms with van der Waals surface area (Å²) in [5.74, 6) is -0.393. The minimum absolute atomic E-state index is 0.0329. The standard InChI is InChI=1S/C14H13FN2O3/c1-9-5-6-11(15)13(7-9)20-8-10-3-2-4-12(14(10)16)17(18)19/h2-7H,8,16H2,1H3. The normalized spacial score (nSPS) is 10.3. The van der Waals surface area contributed by atoms with Gasteiger partial charge in [-0.25, -0.2) is 4.39 Å². The van der Waals surface area contributed by atoms with Crippen molar-refractivity contribution in [3.8, 4) is 5.75 Å². The van der Waals surface area contributed by atoms with Crippen molar-refractivity contribution in [2.45, 2.75) is 13.5 Å². The third-order valence-electron chi connectivity index (χ3n) is 2.84. The van der Waals surface area contributed by atoms with Crippen LogP contribution in [0.25, 0.3) is 0 Å². The summed E-state index contributed by atoms with van der Waals surface area (Å²) in [6, 6.07) is 8.93. The summed E-state index contributed by atoms with van der Waals surface area (Å²) >= 11 is 0. The molecule has 6 heteroatoms. The minimum Gasteiger partial charge on any atom is -0.486 e. The summed E-state index contributed by atoms with van der Waals surface area (Å²) in [7, 11) is 0. The number of nitrogens with zero attached hydrogens (tertiary/aromatic N) is 1. The van der Waals surface area contributed by atoms with E-state index in [0.717, 1.165) is 5.56 Å². The van der Waals surface area contributed by atoms with Crippen molar-refractivity contribution in [1.29, 1.82) is 0 Å². The van der Waals surface area contributed by atoms with E-state index in [-0.39, 0.29) is 23.7 Å². The molecular formula is C14H13FN2O3. The van der Waals surface area contributed by atoms with E-state index in [1.54, 1.807) is 18.2 Å². The number of anilines is 1. The van der Waals surface area contributed by atoms with Crippen LogP contribution in [0.3, 0.4) is 0 Å². The van der Waals surface area contributed by atoms with Gasteiger partial charge in [-0.1, -0.05) is 18.2 Å². The average molecular weight is 276 g/mol. The Labute approximate surface area is 114 Å². The molecule has 0 unspecified atom stereocenters. The van der Waals surface area contributed by atoms with Crippen LogP contribution in [0, 0.1) is 22.9 Å². The number of para-hydroxylation sites is 1. The Morgan fingerprint density at radius 3 is 2.80 bits per heavy atom. The van der Waals surface area contributed by atoms with Gasteiger partial charge in [-0.05, 0) is 24.6 Å². The van der Waals surface area contributed by atoms with E-state index in [0.29, 0.717) is 5.56 Å². The van der Waals surface area contributed by atoms with Crippen LogP contribution in [-0.2, 0) is 6.61 Å². The number of rotatable bonds is 4. The molecule has 104 valence electrons. The van der Waals surface area contributed by atoms with E-state index in [1.165, 1.54) is 18.2 Å². The maximum atomic E-state index is 13.5. The first-order valence-electron chi connectivity index (χ1n) is 5.89. The number of nitrogens with two attached hydrogens (primary N) is 1. The van der Waals surface area contributed by atoms with Crippen molar-refractivity contribution in [3.05, 3.63) is 63.5 Å². The lowest BCUT2D eigenvalue weighted by molar-refractivity contribution is -0.384. The van der Waals surface area contributed by atoms with Crippen LogP contribution in [0.4, 0.5) is 15.8 Å². The van der Waals surface area contributed by atoms with Crippen molar-refractivity contribution in [1.82, 2.24) is 0 Å². The lowest BCUT2D eigenvalue weighted by Gasteiger charge is -2.10. The molecule has 2 aromatic rings. The Hall–Kier alpha value is -2.63. The second kappa shape index (κ2) is 5.56. The SMILES string of the molecule is Cc1ccc(F)c(OCc2cccc([N+](=O)[O-])c2N)c1. The van der Waals surface area contributed by atoms with Gasteiger partial charge in [0.25, 0.3) is 5.69 Å². The number of halogens is 1. The number of nitrogen functional groups attached to an aromatic ring is 1. The zero-order valence-corrected chi connectivity index (χ0v) is 10.8. The number of nitro groups is 1. The predicted octanol–water partition coefficient (Wildman–Crippen LogP) is 3.20. The van der Waals surface area contributed by atoms with Crippen LogP contribution in [0.5, 0.6) is 5.75 Å². The summed E-state index contributed by atoms with van der Waals surface area (Å²) < 4.78 is 18.9.